The molecule has 2 aliphatic carbocycles. The Morgan fingerprint density at radius 2 is 2.06 bits per heavy atom. The van der Waals surface area contributed by atoms with Gasteiger partial charge in [-0.05, 0) is 36.5 Å². The van der Waals surface area contributed by atoms with Crippen molar-refractivity contribution in [1.29, 1.82) is 0 Å². The lowest BCUT2D eigenvalue weighted by molar-refractivity contribution is -0.144. The zero-order valence-electron chi connectivity index (χ0n) is 20.4. The number of anilines is 1. The van der Waals surface area contributed by atoms with E-state index in [0.717, 1.165) is 49.6 Å². The Hall–Kier alpha value is -2.04. The molecule has 35 heavy (non-hydrogen) atoms. The Morgan fingerprint density at radius 1 is 1.29 bits per heavy atom. The summed E-state index contributed by atoms with van der Waals surface area (Å²) in [6.07, 6.45) is 6.53. The highest BCUT2D eigenvalue weighted by atomic mass is 32.2. The molecule has 188 valence electrons. The Balaban J connectivity index is 1.34. The summed E-state index contributed by atoms with van der Waals surface area (Å²) in [6, 6.07) is 0. The van der Waals surface area contributed by atoms with E-state index in [4.69, 9.17) is 4.98 Å². The highest BCUT2D eigenvalue weighted by molar-refractivity contribution is 7.99. The summed E-state index contributed by atoms with van der Waals surface area (Å²) in [7, 11) is 0. The second-order valence-electron chi connectivity index (χ2n) is 10.4. The van der Waals surface area contributed by atoms with Gasteiger partial charge in [0.15, 0.2) is 5.13 Å². The number of aromatic nitrogens is 3. The van der Waals surface area contributed by atoms with Crippen LogP contribution < -0.4 is 5.32 Å². The highest BCUT2D eigenvalue weighted by Gasteiger charge is 2.54. The molecule has 2 N–H and O–H groups in total. The van der Waals surface area contributed by atoms with E-state index in [2.05, 4.69) is 29.1 Å². The minimum Gasteiger partial charge on any atom is -0.392 e. The molecule has 3 heterocycles. The van der Waals surface area contributed by atoms with Crippen LogP contribution in [-0.4, -0.2) is 67.5 Å². The number of nitrogens with one attached hydrogen (secondary N) is 1. The molecule has 2 aromatic rings. The summed E-state index contributed by atoms with van der Waals surface area (Å²) in [4.78, 5) is 41.8. The van der Waals surface area contributed by atoms with Crippen LogP contribution in [0.5, 0.6) is 0 Å². The Kier molecular flexibility index (Phi) is 6.89. The van der Waals surface area contributed by atoms with E-state index in [1.807, 2.05) is 23.6 Å². The molecule has 0 radical (unpaired) electrons. The summed E-state index contributed by atoms with van der Waals surface area (Å²) >= 11 is 3.41. The molecule has 1 saturated carbocycles. The molecule has 2 aromatic heterocycles. The van der Waals surface area contributed by atoms with E-state index < -0.39 is 6.10 Å². The third kappa shape index (κ3) is 4.60. The van der Waals surface area contributed by atoms with Gasteiger partial charge in [-0.1, -0.05) is 20.8 Å². The molecule has 8 nitrogen and oxygen atoms in total. The number of hydrogen-bond donors (Lipinski definition) is 2. The van der Waals surface area contributed by atoms with Crippen molar-refractivity contribution in [2.75, 3.05) is 29.9 Å². The van der Waals surface area contributed by atoms with Crippen molar-refractivity contribution in [2.45, 2.75) is 52.1 Å². The molecule has 5 rings (SSSR count). The van der Waals surface area contributed by atoms with Crippen LogP contribution in [-0.2, 0) is 11.2 Å². The minimum absolute atomic E-state index is 0.0200. The maximum absolute atomic E-state index is 13.2. The molecule has 1 aliphatic heterocycles. The molecular weight excluding hydrogens is 482 g/mol. The normalized spacial score (nSPS) is 31.3. The van der Waals surface area contributed by atoms with Gasteiger partial charge in [0.25, 0.3) is 5.91 Å². The summed E-state index contributed by atoms with van der Waals surface area (Å²) in [6.45, 7) is 8.01. The second kappa shape index (κ2) is 9.78. The largest absolute Gasteiger partial charge is 0.392 e. The Morgan fingerprint density at radius 3 is 2.77 bits per heavy atom. The van der Waals surface area contributed by atoms with Crippen LogP contribution in [0.1, 0.15) is 60.6 Å². The number of thiazole rings is 1. The lowest BCUT2D eigenvalue weighted by Crippen LogP contribution is -2.54. The number of rotatable bonds is 4. The number of nitrogens with zero attached hydrogens (tertiary/aromatic N) is 4. The third-order valence-corrected chi connectivity index (χ3v) is 10.2. The maximum atomic E-state index is 13.2. The topological polar surface area (TPSA) is 108 Å². The van der Waals surface area contributed by atoms with Gasteiger partial charge >= 0.3 is 0 Å². The molecule has 1 saturated heterocycles. The van der Waals surface area contributed by atoms with Crippen molar-refractivity contribution in [3.05, 3.63) is 34.9 Å². The highest BCUT2D eigenvalue weighted by Crippen LogP contribution is 2.57. The van der Waals surface area contributed by atoms with Crippen molar-refractivity contribution in [3.63, 3.8) is 0 Å². The SMILES string of the molecule is C[C@H](C(=O)N1CCSCC1)[C@@H]1CC[C@@]2(C)Cc3sc(NC(=O)c4cnccn4)nc3[C@@H](C)[C@@H]2[C@H]1O. The third-order valence-electron chi connectivity index (χ3n) is 8.29. The van der Waals surface area contributed by atoms with Gasteiger partial charge < -0.3 is 10.0 Å². The van der Waals surface area contributed by atoms with Gasteiger partial charge in [0, 0.05) is 53.7 Å². The zero-order valence-corrected chi connectivity index (χ0v) is 22.1. The van der Waals surface area contributed by atoms with Crippen LogP contribution in [0.4, 0.5) is 5.13 Å². The molecular formula is C25H33N5O3S2. The number of thioether (sulfide) groups is 1. The van der Waals surface area contributed by atoms with Crippen LogP contribution in [0.15, 0.2) is 18.6 Å². The zero-order chi connectivity index (χ0) is 24.7. The van der Waals surface area contributed by atoms with E-state index in [1.165, 1.54) is 34.8 Å². The Labute approximate surface area is 214 Å². The van der Waals surface area contributed by atoms with Gasteiger partial charge in [-0.3, -0.25) is 19.9 Å². The van der Waals surface area contributed by atoms with E-state index in [1.54, 1.807) is 0 Å². The maximum Gasteiger partial charge on any atom is 0.277 e. The average molecular weight is 516 g/mol. The number of aliphatic hydroxyl groups is 1. The summed E-state index contributed by atoms with van der Waals surface area (Å²) < 4.78 is 0. The lowest BCUT2D eigenvalue weighted by Gasteiger charge is -2.53. The first kappa shape index (κ1) is 24.6. The van der Waals surface area contributed by atoms with E-state index in [9.17, 15) is 14.7 Å². The molecule has 2 fully saturated rings. The first-order valence-electron chi connectivity index (χ1n) is 12.4. The smallest absolute Gasteiger partial charge is 0.277 e. The van der Waals surface area contributed by atoms with Gasteiger partial charge in [0.1, 0.15) is 5.69 Å². The standard InChI is InChI=1S/C25H33N5O3S2/c1-14(23(33)30-8-10-34-11-9-30)16-4-5-25(3)12-18-20(15(2)19(25)21(16)31)28-24(35-18)29-22(32)17-13-26-6-7-27-17/h6-7,13-16,19,21,31H,4-5,8-12H2,1-3H3,(H,28,29,32)/t14-,15-,16-,19+,21-,25-/m0/s1. The predicted molar refractivity (Wildman–Crippen MR) is 138 cm³/mol. The quantitative estimate of drug-likeness (QED) is 0.642. The molecule has 10 heteroatoms. The van der Waals surface area contributed by atoms with Crippen molar-refractivity contribution >= 4 is 40.0 Å². The fourth-order valence-corrected chi connectivity index (χ4v) is 8.59. The first-order chi connectivity index (χ1) is 16.8. The van der Waals surface area contributed by atoms with Gasteiger partial charge in [0.05, 0.1) is 18.0 Å². The predicted octanol–water partition coefficient (Wildman–Crippen LogP) is 3.45. The van der Waals surface area contributed by atoms with Crippen LogP contribution in [0.2, 0.25) is 0 Å². The molecule has 0 unspecified atom stereocenters. The van der Waals surface area contributed by atoms with E-state index in [0.29, 0.717) is 5.13 Å². The molecule has 0 aromatic carbocycles. The number of fused-ring (bicyclic) bond motifs is 2. The van der Waals surface area contributed by atoms with Crippen molar-refractivity contribution in [2.24, 2.45) is 23.2 Å². The monoisotopic (exact) mass is 515 g/mol. The summed E-state index contributed by atoms with van der Waals surface area (Å²) in [5.41, 5.74) is 1.14. The first-order valence-corrected chi connectivity index (χ1v) is 14.4. The van der Waals surface area contributed by atoms with Crippen LogP contribution in [0.25, 0.3) is 0 Å². The molecule has 0 spiro atoms. The minimum atomic E-state index is -0.561. The fraction of sp³-hybridized carbons (Fsp3) is 0.640. The van der Waals surface area contributed by atoms with Crippen LogP contribution in [0.3, 0.4) is 0 Å². The number of aliphatic hydroxyl groups excluding tert-OH is 1. The van der Waals surface area contributed by atoms with Crippen molar-refractivity contribution < 1.29 is 14.7 Å². The van der Waals surface area contributed by atoms with Gasteiger partial charge in [-0.2, -0.15) is 11.8 Å². The van der Waals surface area contributed by atoms with Gasteiger partial charge in [-0.15, -0.1) is 11.3 Å². The number of amides is 2. The van der Waals surface area contributed by atoms with Gasteiger partial charge in [-0.25, -0.2) is 9.97 Å². The second-order valence-corrected chi connectivity index (χ2v) is 12.7. The molecule has 0 bridgehead atoms. The van der Waals surface area contributed by atoms with Crippen molar-refractivity contribution in [3.8, 4) is 0 Å². The number of carbonyl (C=O) groups excluding carboxylic acids is 2. The summed E-state index contributed by atoms with van der Waals surface area (Å²) in [5, 5.41) is 15.1. The van der Waals surface area contributed by atoms with Crippen LogP contribution >= 0.6 is 23.1 Å². The lowest BCUT2D eigenvalue weighted by atomic mass is 9.53. The van der Waals surface area contributed by atoms with E-state index in [-0.39, 0.29) is 46.6 Å². The number of carbonyl (C=O) groups is 2. The van der Waals surface area contributed by atoms with Gasteiger partial charge in [0.2, 0.25) is 5.91 Å². The molecule has 6 atom stereocenters. The average Bonchev–Trinajstić information content (AvgIpc) is 3.26. The van der Waals surface area contributed by atoms with Crippen LogP contribution in [0, 0.1) is 23.2 Å². The fourth-order valence-electron chi connectivity index (χ4n) is 6.43. The van der Waals surface area contributed by atoms with Crippen molar-refractivity contribution in [1.82, 2.24) is 19.9 Å². The van der Waals surface area contributed by atoms with E-state index >= 15 is 0 Å². The molecule has 2 amide bonds. The number of hydrogen-bond acceptors (Lipinski definition) is 8. The molecule has 3 aliphatic rings. The summed E-state index contributed by atoms with van der Waals surface area (Å²) in [5.74, 6) is 1.66. The Bertz CT molecular complexity index is 1090.